The molecule has 1 aromatic carbocycles. The van der Waals surface area contributed by atoms with Crippen molar-refractivity contribution in [3.05, 3.63) is 57.4 Å². The van der Waals surface area contributed by atoms with Gasteiger partial charge in [0.25, 0.3) is 0 Å². The standard InChI is InChI=1S/C26H24ClFN6O3S/c1-13(35)25-19-6-16(17-9-29-15(3)30-10-17)4-5-21(19)34(32-25)12-24(36)33-11-18(28)7-22(33)26(37)31-20-8-23(27)38-14(20)2/h4-6,8-10,18,22H,7,11-12H2,1-3H3,(H,31,37)/t18-,22+/m1/s1. The van der Waals surface area contributed by atoms with Gasteiger partial charge in [0.2, 0.25) is 11.8 Å². The number of carbonyl (C=O) groups is 3. The Bertz CT molecular complexity index is 1570. The molecule has 1 aliphatic heterocycles. The summed E-state index contributed by atoms with van der Waals surface area (Å²) in [6.07, 6.45) is 1.96. The van der Waals surface area contributed by atoms with Crippen LogP contribution in [0.1, 0.15) is 34.5 Å². The monoisotopic (exact) mass is 554 g/mol. The van der Waals surface area contributed by atoms with E-state index in [1.807, 2.05) is 19.1 Å². The van der Waals surface area contributed by atoms with E-state index in [0.29, 0.717) is 26.8 Å². The van der Waals surface area contributed by atoms with Gasteiger partial charge >= 0.3 is 0 Å². The van der Waals surface area contributed by atoms with Crippen LogP contribution in [0, 0.1) is 13.8 Å². The first-order valence-corrected chi connectivity index (χ1v) is 13.1. The maximum atomic E-state index is 14.4. The third kappa shape index (κ3) is 5.03. The zero-order chi connectivity index (χ0) is 27.1. The van der Waals surface area contributed by atoms with Crippen LogP contribution in [0.2, 0.25) is 4.34 Å². The third-order valence-electron chi connectivity index (χ3n) is 6.50. The van der Waals surface area contributed by atoms with E-state index in [1.54, 1.807) is 31.5 Å². The smallest absolute Gasteiger partial charge is 0.247 e. The normalized spacial score (nSPS) is 17.2. The van der Waals surface area contributed by atoms with Crippen LogP contribution in [0.3, 0.4) is 0 Å². The van der Waals surface area contributed by atoms with E-state index in [1.165, 1.54) is 27.8 Å². The lowest BCUT2D eigenvalue weighted by atomic mass is 10.0. The number of amides is 2. The number of ketones is 1. The molecule has 5 rings (SSSR count). The first-order valence-electron chi connectivity index (χ1n) is 11.9. The molecule has 1 aliphatic rings. The number of anilines is 1. The molecule has 0 spiro atoms. The van der Waals surface area contributed by atoms with Gasteiger partial charge in [0.15, 0.2) is 5.78 Å². The summed E-state index contributed by atoms with van der Waals surface area (Å²) < 4.78 is 16.4. The zero-order valence-corrected chi connectivity index (χ0v) is 22.4. The maximum absolute atomic E-state index is 14.4. The van der Waals surface area contributed by atoms with E-state index in [-0.39, 0.29) is 31.0 Å². The minimum absolute atomic E-state index is 0.102. The molecule has 1 N–H and O–H groups in total. The minimum Gasteiger partial charge on any atom is -0.326 e. The fraction of sp³-hybridized carbons (Fsp3) is 0.308. The number of aryl methyl sites for hydroxylation is 2. The van der Waals surface area contributed by atoms with Gasteiger partial charge in [-0.3, -0.25) is 19.1 Å². The molecule has 12 heteroatoms. The van der Waals surface area contributed by atoms with Gasteiger partial charge in [-0.2, -0.15) is 5.10 Å². The van der Waals surface area contributed by atoms with Crippen LogP contribution in [-0.4, -0.2) is 61.0 Å². The quantitative estimate of drug-likeness (QED) is 0.349. The third-order valence-corrected chi connectivity index (χ3v) is 7.68. The number of thiophene rings is 1. The van der Waals surface area contributed by atoms with E-state index in [9.17, 15) is 18.8 Å². The van der Waals surface area contributed by atoms with E-state index in [0.717, 1.165) is 16.0 Å². The number of aromatic nitrogens is 4. The Morgan fingerprint density at radius 3 is 2.55 bits per heavy atom. The van der Waals surface area contributed by atoms with Gasteiger partial charge in [0.05, 0.1) is 22.1 Å². The number of likely N-dealkylation sites (tertiary alicyclic amines) is 1. The number of alkyl halides is 1. The lowest BCUT2D eigenvalue weighted by Crippen LogP contribution is -2.44. The number of Topliss-reactive ketones (excluding diaryl/α,β-unsaturated/α-hetero) is 1. The fourth-order valence-corrected chi connectivity index (χ4v) is 5.74. The van der Waals surface area contributed by atoms with Crippen LogP contribution in [0.15, 0.2) is 36.7 Å². The first-order chi connectivity index (χ1) is 18.1. The fourth-order valence-electron chi connectivity index (χ4n) is 4.59. The predicted molar refractivity (Wildman–Crippen MR) is 143 cm³/mol. The molecule has 2 amide bonds. The highest BCUT2D eigenvalue weighted by molar-refractivity contribution is 7.16. The Labute approximate surface area is 226 Å². The van der Waals surface area contributed by atoms with Gasteiger partial charge < -0.3 is 10.2 Å². The number of hydrogen-bond acceptors (Lipinski definition) is 7. The van der Waals surface area contributed by atoms with Crippen molar-refractivity contribution in [1.29, 1.82) is 0 Å². The van der Waals surface area contributed by atoms with Crippen LogP contribution >= 0.6 is 22.9 Å². The Morgan fingerprint density at radius 2 is 1.89 bits per heavy atom. The summed E-state index contributed by atoms with van der Waals surface area (Å²) in [7, 11) is 0. The van der Waals surface area contributed by atoms with Gasteiger partial charge in [-0.15, -0.1) is 11.3 Å². The second-order valence-corrected chi connectivity index (χ2v) is 11.1. The van der Waals surface area contributed by atoms with Crippen molar-refractivity contribution in [2.75, 3.05) is 11.9 Å². The molecule has 196 valence electrons. The Kier molecular flexibility index (Phi) is 6.97. The molecule has 2 atom stereocenters. The second kappa shape index (κ2) is 10.2. The first kappa shape index (κ1) is 25.9. The Balaban J connectivity index is 1.41. The Hall–Kier alpha value is -3.70. The largest absolute Gasteiger partial charge is 0.326 e. The lowest BCUT2D eigenvalue weighted by molar-refractivity contribution is -0.137. The lowest BCUT2D eigenvalue weighted by Gasteiger charge is -2.23. The van der Waals surface area contributed by atoms with Crippen LogP contribution in [0.25, 0.3) is 22.0 Å². The molecule has 0 unspecified atom stereocenters. The van der Waals surface area contributed by atoms with Crippen molar-refractivity contribution in [3.63, 3.8) is 0 Å². The highest BCUT2D eigenvalue weighted by Gasteiger charge is 2.40. The number of halogens is 2. The summed E-state index contributed by atoms with van der Waals surface area (Å²) >= 11 is 7.35. The molecular formula is C26H24ClFN6O3S. The molecule has 0 bridgehead atoms. The number of nitrogens with zero attached hydrogens (tertiary/aromatic N) is 5. The maximum Gasteiger partial charge on any atom is 0.247 e. The molecule has 4 aromatic rings. The van der Waals surface area contributed by atoms with Gasteiger partial charge in [-0.05, 0) is 37.6 Å². The van der Waals surface area contributed by atoms with E-state index in [2.05, 4.69) is 20.4 Å². The van der Waals surface area contributed by atoms with Gasteiger partial charge in [-0.25, -0.2) is 14.4 Å². The molecule has 3 aromatic heterocycles. The van der Waals surface area contributed by atoms with Gasteiger partial charge in [0, 0.05) is 41.6 Å². The van der Waals surface area contributed by atoms with Gasteiger partial charge in [-0.1, -0.05) is 17.7 Å². The van der Waals surface area contributed by atoms with Crippen molar-refractivity contribution in [3.8, 4) is 11.1 Å². The van der Waals surface area contributed by atoms with Crippen LogP contribution in [-0.2, 0) is 16.1 Å². The average molecular weight is 555 g/mol. The number of rotatable bonds is 6. The summed E-state index contributed by atoms with van der Waals surface area (Å²) in [4.78, 5) is 49.2. The van der Waals surface area contributed by atoms with Gasteiger partial charge in [0.1, 0.15) is 30.3 Å². The van der Waals surface area contributed by atoms with E-state index < -0.39 is 24.0 Å². The number of fused-ring (bicyclic) bond motifs is 1. The van der Waals surface area contributed by atoms with Crippen molar-refractivity contribution in [2.24, 2.45) is 0 Å². The Morgan fingerprint density at radius 1 is 1.16 bits per heavy atom. The summed E-state index contributed by atoms with van der Waals surface area (Å²) in [6.45, 7) is 4.56. The minimum atomic E-state index is -1.33. The van der Waals surface area contributed by atoms with Crippen LogP contribution < -0.4 is 5.32 Å². The van der Waals surface area contributed by atoms with Crippen LogP contribution in [0.4, 0.5) is 10.1 Å². The number of hydrogen-bond donors (Lipinski definition) is 1. The summed E-state index contributed by atoms with van der Waals surface area (Å²) in [5.74, 6) is -0.563. The predicted octanol–water partition coefficient (Wildman–Crippen LogP) is 4.61. The van der Waals surface area contributed by atoms with Crippen molar-refractivity contribution in [2.45, 2.75) is 46.0 Å². The molecule has 38 heavy (non-hydrogen) atoms. The molecule has 9 nitrogen and oxygen atoms in total. The molecule has 1 saturated heterocycles. The average Bonchev–Trinajstić information content (AvgIpc) is 3.54. The molecular weight excluding hydrogens is 531 g/mol. The van der Waals surface area contributed by atoms with Crippen molar-refractivity contribution >= 4 is 57.1 Å². The summed E-state index contributed by atoms with van der Waals surface area (Å²) in [5, 5.41) is 7.74. The van der Waals surface area contributed by atoms with Crippen LogP contribution in [0.5, 0.6) is 0 Å². The van der Waals surface area contributed by atoms with Crippen molar-refractivity contribution in [1.82, 2.24) is 24.6 Å². The highest BCUT2D eigenvalue weighted by Crippen LogP contribution is 2.31. The molecule has 0 saturated carbocycles. The number of nitrogens with one attached hydrogen (secondary N) is 1. The highest BCUT2D eigenvalue weighted by atomic mass is 35.5. The SMILES string of the molecule is CC(=O)c1nn(CC(=O)N2C[C@H](F)C[C@H]2C(=O)Nc2cc(Cl)sc2C)c2ccc(-c3cnc(C)nc3)cc12. The van der Waals surface area contributed by atoms with E-state index >= 15 is 0 Å². The number of carbonyl (C=O) groups excluding carboxylic acids is 3. The molecule has 4 heterocycles. The summed E-state index contributed by atoms with van der Waals surface area (Å²) in [5.41, 5.74) is 2.90. The zero-order valence-electron chi connectivity index (χ0n) is 20.9. The summed E-state index contributed by atoms with van der Waals surface area (Å²) in [6, 6.07) is 6.07. The molecule has 1 fully saturated rings. The molecule has 0 radical (unpaired) electrons. The number of benzene rings is 1. The second-order valence-electron chi connectivity index (χ2n) is 9.22. The van der Waals surface area contributed by atoms with E-state index in [4.69, 9.17) is 11.6 Å². The van der Waals surface area contributed by atoms with Crippen molar-refractivity contribution < 1.29 is 18.8 Å². The topological polar surface area (TPSA) is 110 Å². The molecule has 0 aliphatic carbocycles.